The molecule has 3 rings (SSSR count). The first-order valence-corrected chi connectivity index (χ1v) is 8.46. The van der Waals surface area contributed by atoms with Gasteiger partial charge in [-0.1, -0.05) is 37.4 Å². The lowest BCUT2D eigenvalue weighted by molar-refractivity contribution is 0.508. The van der Waals surface area contributed by atoms with E-state index in [1.165, 1.54) is 51.4 Å². The molecule has 0 aliphatic heterocycles. The molecule has 1 aromatic heterocycles. The Morgan fingerprint density at radius 2 is 1.89 bits per heavy atom. The largest absolute Gasteiger partial charge is 0.312 e. The van der Waals surface area contributed by atoms with Crippen molar-refractivity contribution in [1.82, 2.24) is 25.5 Å². The van der Waals surface area contributed by atoms with Gasteiger partial charge in [0.1, 0.15) is 0 Å². The Morgan fingerprint density at radius 3 is 2.63 bits per heavy atom. The highest BCUT2D eigenvalue weighted by Crippen LogP contribution is 2.31. The first-order valence-electron chi connectivity index (χ1n) is 7.58. The first-order chi connectivity index (χ1) is 9.42. The van der Waals surface area contributed by atoms with Crippen molar-refractivity contribution < 1.29 is 0 Å². The zero-order chi connectivity index (χ0) is 12.9. The van der Waals surface area contributed by atoms with Crippen molar-refractivity contribution in [2.75, 3.05) is 6.54 Å². The summed E-state index contributed by atoms with van der Waals surface area (Å²) in [6.07, 6.45) is 10.8. The highest BCUT2D eigenvalue weighted by atomic mass is 32.2. The molecule has 0 saturated heterocycles. The van der Waals surface area contributed by atoms with Crippen LogP contribution >= 0.6 is 11.8 Å². The summed E-state index contributed by atoms with van der Waals surface area (Å²) < 4.78 is 1.96. The molecule has 1 heterocycles. The quantitative estimate of drug-likeness (QED) is 0.810. The SMILES string of the molecule is C1CCCC(Sc2nnnn2CCNC2CC2)CC1. The predicted molar refractivity (Wildman–Crippen MR) is 76.2 cm³/mol. The normalized spacial score (nSPS) is 21.5. The van der Waals surface area contributed by atoms with Crippen LogP contribution in [-0.2, 0) is 6.54 Å². The molecule has 0 unspecified atom stereocenters. The van der Waals surface area contributed by atoms with Crippen LogP contribution in [0.1, 0.15) is 51.4 Å². The molecular weight excluding hydrogens is 258 g/mol. The lowest BCUT2D eigenvalue weighted by atomic mass is 10.2. The van der Waals surface area contributed by atoms with Crippen LogP contribution in [0.4, 0.5) is 0 Å². The minimum absolute atomic E-state index is 0.712. The molecule has 106 valence electrons. The predicted octanol–water partition coefficient (Wildman–Crippen LogP) is 2.24. The van der Waals surface area contributed by atoms with Crippen LogP contribution in [0.15, 0.2) is 5.16 Å². The smallest absolute Gasteiger partial charge is 0.209 e. The molecule has 0 amide bonds. The number of hydrogen-bond acceptors (Lipinski definition) is 5. The minimum Gasteiger partial charge on any atom is -0.312 e. The molecule has 0 atom stereocenters. The summed E-state index contributed by atoms with van der Waals surface area (Å²) in [5.74, 6) is 0. The Labute approximate surface area is 118 Å². The molecule has 2 fully saturated rings. The monoisotopic (exact) mass is 281 g/mol. The first kappa shape index (κ1) is 13.4. The van der Waals surface area contributed by atoms with Crippen LogP contribution in [0, 0.1) is 0 Å². The summed E-state index contributed by atoms with van der Waals surface area (Å²) >= 11 is 1.88. The van der Waals surface area contributed by atoms with Gasteiger partial charge in [-0.05, 0) is 36.1 Å². The molecule has 1 aromatic rings. The topological polar surface area (TPSA) is 55.6 Å². The molecule has 1 N–H and O–H groups in total. The maximum atomic E-state index is 4.19. The minimum atomic E-state index is 0.712. The van der Waals surface area contributed by atoms with Gasteiger partial charge in [-0.15, -0.1) is 5.10 Å². The third kappa shape index (κ3) is 4.18. The molecule has 2 saturated carbocycles. The zero-order valence-electron chi connectivity index (χ0n) is 11.4. The van der Waals surface area contributed by atoms with Crippen LogP contribution in [0.2, 0.25) is 0 Å². The van der Waals surface area contributed by atoms with E-state index in [0.29, 0.717) is 5.25 Å². The van der Waals surface area contributed by atoms with Gasteiger partial charge in [0, 0.05) is 17.8 Å². The number of rotatable bonds is 6. The van der Waals surface area contributed by atoms with Gasteiger partial charge in [0.15, 0.2) is 0 Å². The lowest BCUT2D eigenvalue weighted by Gasteiger charge is -2.12. The summed E-state index contributed by atoms with van der Waals surface area (Å²) in [7, 11) is 0. The third-order valence-electron chi connectivity index (χ3n) is 3.91. The highest BCUT2D eigenvalue weighted by Gasteiger charge is 2.21. The Bertz CT molecular complexity index is 382. The second kappa shape index (κ2) is 6.70. The lowest BCUT2D eigenvalue weighted by Crippen LogP contribution is -2.22. The van der Waals surface area contributed by atoms with Gasteiger partial charge in [-0.3, -0.25) is 0 Å². The molecule has 0 bridgehead atoms. The van der Waals surface area contributed by atoms with Gasteiger partial charge in [-0.2, -0.15) is 0 Å². The van der Waals surface area contributed by atoms with Crippen molar-refractivity contribution in [3.8, 4) is 0 Å². The number of tetrazole rings is 1. The second-order valence-electron chi connectivity index (χ2n) is 5.64. The van der Waals surface area contributed by atoms with E-state index in [0.717, 1.165) is 24.3 Å². The molecule has 0 radical (unpaired) electrons. The Balaban J connectivity index is 1.49. The average molecular weight is 281 g/mol. The van der Waals surface area contributed by atoms with E-state index >= 15 is 0 Å². The van der Waals surface area contributed by atoms with E-state index in [1.54, 1.807) is 0 Å². The number of nitrogens with one attached hydrogen (secondary N) is 1. The van der Waals surface area contributed by atoms with Crippen LogP contribution in [0.5, 0.6) is 0 Å². The molecule has 5 nitrogen and oxygen atoms in total. The Morgan fingerprint density at radius 1 is 1.11 bits per heavy atom. The van der Waals surface area contributed by atoms with Gasteiger partial charge in [-0.25, -0.2) is 4.68 Å². The van der Waals surface area contributed by atoms with Crippen molar-refractivity contribution in [1.29, 1.82) is 0 Å². The van der Waals surface area contributed by atoms with Crippen molar-refractivity contribution in [2.24, 2.45) is 0 Å². The highest BCUT2D eigenvalue weighted by molar-refractivity contribution is 7.99. The third-order valence-corrected chi connectivity index (χ3v) is 5.22. The molecule has 6 heteroatoms. The fourth-order valence-corrected chi connectivity index (χ4v) is 3.79. The van der Waals surface area contributed by atoms with E-state index in [-0.39, 0.29) is 0 Å². The molecule has 19 heavy (non-hydrogen) atoms. The van der Waals surface area contributed by atoms with Gasteiger partial charge in [0.05, 0.1) is 6.54 Å². The van der Waals surface area contributed by atoms with E-state index in [4.69, 9.17) is 0 Å². The number of thioether (sulfide) groups is 1. The summed E-state index contributed by atoms with van der Waals surface area (Å²) in [6, 6.07) is 0.759. The summed E-state index contributed by atoms with van der Waals surface area (Å²) in [5.41, 5.74) is 0. The van der Waals surface area contributed by atoms with Gasteiger partial charge in [0.25, 0.3) is 0 Å². The second-order valence-corrected chi connectivity index (χ2v) is 6.91. The Hall–Kier alpha value is -0.620. The molecule has 0 spiro atoms. The number of hydrogen-bond donors (Lipinski definition) is 1. The van der Waals surface area contributed by atoms with E-state index in [9.17, 15) is 0 Å². The molecular formula is C13H23N5S. The van der Waals surface area contributed by atoms with Crippen molar-refractivity contribution in [3.63, 3.8) is 0 Å². The van der Waals surface area contributed by atoms with Crippen molar-refractivity contribution >= 4 is 11.8 Å². The number of aromatic nitrogens is 4. The fourth-order valence-electron chi connectivity index (χ4n) is 2.59. The van der Waals surface area contributed by atoms with Gasteiger partial charge in [0.2, 0.25) is 5.16 Å². The van der Waals surface area contributed by atoms with Gasteiger partial charge < -0.3 is 5.32 Å². The van der Waals surface area contributed by atoms with Gasteiger partial charge >= 0.3 is 0 Å². The van der Waals surface area contributed by atoms with E-state index in [2.05, 4.69) is 20.8 Å². The fraction of sp³-hybridized carbons (Fsp3) is 0.923. The van der Waals surface area contributed by atoms with Crippen LogP contribution in [0.3, 0.4) is 0 Å². The van der Waals surface area contributed by atoms with Crippen LogP contribution in [0.25, 0.3) is 0 Å². The van der Waals surface area contributed by atoms with E-state index < -0.39 is 0 Å². The van der Waals surface area contributed by atoms with Crippen LogP contribution in [-0.4, -0.2) is 38.0 Å². The Kier molecular flexibility index (Phi) is 4.71. The number of nitrogens with zero attached hydrogens (tertiary/aromatic N) is 4. The summed E-state index contributed by atoms with van der Waals surface area (Å²) in [5, 5.41) is 17.4. The molecule has 2 aliphatic rings. The maximum Gasteiger partial charge on any atom is 0.209 e. The summed E-state index contributed by atoms with van der Waals surface area (Å²) in [4.78, 5) is 0. The molecule has 0 aromatic carbocycles. The van der Waals surface area contributed by atoms with E-state index in [1.807, 2.05) is 16.4 Å². The zero-order valence-corrected chi connectivity index (χ0v) is 12.2. The van der Waals surface area contributed by atoms with Crippen molar-refractivity contribution in [2.45, 2.75) is 74.4 Å². The standard InChI is InChI=1S/C13H23N5S/c1-2-4-6-12(5-3-1)19-13-15-16-17-18(13)10-9-14-11-7-8-11/h11-12,14H,1-10H2. The summed E-state index contributed by atoms with van der Waals surface area (Å²) in [6.45, 7) is 1.87. The van der Waals surface area contributed by atoms with Crippen LogP contribution < -0.4 is 5.32 Å². The van der Waals surface area contributed by atoms with Crippen molar-refractivity contribution in [3.05, 3.63) is 0 Å². The molecule has 2 aliphatic carbocycles. The maximum absolute atomic E-state index is 4.19. The average Bonchev–Trinajstić information content (AvgIpc) is 3.17.